The lowest BCUT2D eigenvalue weighted by Gasteiger charge is -2.09. The Bertz CT molecular complexity index is 470. The van der Waals surface area contributed by atoms with Crippen LogP contribution in [0.5, 0.6) is 0 Å². The number of carbonyl (C=O) groups excluding carboxylic acids is 2. The SMILES string of the molecule is O=C([O-])c1ccccc1C(=O)OOCCC(F)(F)F. The van der Waals surface area contributed by atoms with Crippen molar-refractivity contribution >= 4 is 11.9 Å². The normalized spacial score (nSPS) is 11.1. The van der Waals surface area contributed by atoms with Gasteiger partial charge in [-0.1, -0.05) is 18.2 Å². The first-order chi connectivity index (χ1) is 8.81. The minimum Gasteiger partial charge on any atom is -0.545 e. The first kappa shape index (κ1) is 15.0. The summed E-state index contributed by atoms with van der Waals surface area (Å²) in [5, 5.41) is 10.7. The largest absolute Gasteiger partial charge is 0.545 e. The van der Waals surface area contributed by atoms with Gasteiger partial charge in [0.2, 0.25) is 0 Å². The number of hydrogen-bond acceptors (Lipinski definition) is 5. The zero-order valence-electron chi connectivity index (χ0n) is 9.40. The summed E-state index contributed by atoms with van der Waals surface area (Å²) in [7, 11) is 0. The van der Waals surface area contributed by atoms with Crippen molar-refractivity contribution in [3.63, 3.8) is 0 Å². The van der Waals surface area contributed by atoms with Gasteiger partial charge in [-0.15, -0.1) is 0 Å². The van der Waals surface area contributed by atoms with E-state index >= 15 is 0 Å². The van der Waals surface area contributed by atoms with E-state index in [9.17, 15) is 27.9 Å². The van der Waals surface area contributed by atoms with Gasteiger partial charge >= 0.3 is 12.1 Å². The fraction of sp³-hybridized carbons (Fsp3) is 0.273. The number of benzene rings is 1. The molecule has 1 rings (SSSR count). The number of carboxylic acid groups (broad SMARTS) is 1. The molecule has 0 heterocycles. The van der Waals surface area contributed by atoms with Crippen molar-refractivity contribution in [3.8, 4) is 0 Å². The Kier molecular flexibility index (Phi) is 4.87. The summed E-state index contributed by atoms with van der Waals surface area (Å²) in [4.78, 5) is 30.2. The Morgan fingerprint density at radius 1 is 1.16 bits per heavy atom. The molecule has 0 N–H and O–H groups in total. The summed E-state index contributed by atoms with van der Waals surface area (Å²) in [6, 6.07) is 4.94. The molecule has 8 heteroatoms. The molecule has 5 nitrogen and oxygen atoms in total. The first-order valence-electron chi connectivity index (χ1n) is 5.02. The zero-order chi connectivity index (χ0) is 14.5. The van der Waals surface area contributed by atoms with E-state index in [1.54, 1.807) is 0 Å². The van der Waals surface area contributed by atoms with Crippen LogP contribution in [0.3, 0.4) is 0 Å². The van der Waals surface area contributed by atoms with Gasteiger partial charge in [-0.05, 0) is 6.07 Å². The van der Waals surface area contributed by atoms with Gasteiger partial charge < -0.3 is 9.90 Å². The van der Waals surface area contributed by atoms with Crippen LogP contribution in [0.2, 0.25) is 0 Å². The fourth-order valence-corrected chi connectivity index (χ4v) is 1.14. The third kappa shape index (κ3) is 4.96. The third-order valence-corrected chi connectivity index (χ3v) is 1.97. The highest BCUT2D eigenvalue weighted by Gasteiger charge is 2.27. The molecule has 0 aliphatic rings. The second-order valence-corrected chi connectivity index (χ2v) is 3.39. The molecule has 0 unspecified atom stereocenters. The van der Waals surface area contributed by atoms with Crippen LogP contribution in [0.1, 0.15) is 27.1 Å². The van der Waals surface area contributed by atoms with Gasteiger partial charge in [0.1, 0.15) is 6.61 Å². The molecule has 0 atom stereocenters. The van der Waals surface area contributed by atoms with Crippen molar-refractivity contribution in [1.29, 1.82) is 0 Å². The Balaban J connectivity index is 2.57. The molecule has 19 heavy (non-hydrogen) atoms. The lowest BCUT2D eigenvalue weighted by atomic mass is 10.1. The quantitative estimate of drug-likeness (QED) is 0.457. The lowest BCUT2D eigenvalue weighted by Crippen LogP contribution is -2.25. The Morgan fingerprint density at radius 2 is 1.74 bits per heavy atom. The highest BCUT2D eigenvalue weighted by molar-refractivity contribution is 6.01. The number of hydrogen-bond donors (Lipinski definition) is 0. The maximum absolute atomic E-state index is 11.8. The van der Waals surface area contributed by atoms with Crippen LogP contribution < -0.4 is 5.11 Å². The third-order valence-electron chi connectivity index (χ3n) is 1.97. The maximum Gasteiger partial charge on any atom is 0.391 e. The van der Waals surface area contributed by atoms with Crippen molar-refractivity contribution in [1.82, 2.24) is 0 Å². The van der Waals surface area contributed by atoms with E-state index < -0.39 is 36.7 Å². The number of rotatable bonds is 5. The minimum atomic E-state index is -4.44. The summed E-state index contributed by atoms with van der Waals surface area (Å²) < 4.78 is 35.3. The average Bonchev–Trinajstić information content (AvgIpc) is 2.33. The Morgan fingerprint density at radius 3 is 2.26 bits per heavy atom. The van der Waals surface area contributed by atoms with Crippen LogP contribution in [0.15, 0.2) is 24.3 Å². The van der Waals surface area contributed by atoms with Gasteiger partial charge in [0.05, 0.1) is 18.0 Å². The first-order valence-corrected chi connectivity index (χ1v) is 5.02. The summed E-state index contributed by atoms with van der Waals surface area (Å²) >= 11 is 0. The Hall–Kier alpha value is -2.09. The van der Waals surface area contributed by atoms with Gasteiger partial charge in [-0.2, -0.15) is 18.1 Å². The van der Waals surface area contributed by atoms with Crippen molar-refractivity contribution in [2.45, 2.75) is 12.6 Å². The van der Waals surface area contributed by atoms with Gasteiger partial charge in [-0.3, -0.25) is 4.89 Å². The number of halogens is 3. The topological polar surface area (TPSA) is 75.7 Å². The van der Waals surface area contributed by atoms with Gasteiger partial charge in [0.15, 0.2) is 0 Å². The highest BCUT2D eigenvalue weighted by Crippen LogP contribution is 2.19. The van der Waals surface area contributed by atoms with Crippen molar-refractivity contribution in [3.05, 3.63) is 35.4 Å². The van der Waals surface area contributed by atoms with Crippen LogP contribution in [-0.4, -0.2) is 24.7 Å². The van der Waals surface area contributed by atoms with Crippen molar-refractivity contribution in [2.24, 2.45) is 0 Å². The molecule has 104 valence electrons. The summed E-state index contributed by atoms with van der Waals surface area (Å²) in [6.45, 7) is -0.872. The van der Waals surface area contributed by atoms with Gasteiger partial charge in [0, 0.05) is 5.56 Å². The molecule has 0 bridgehead atoms. The minimum absolute atomic E-state index is 0.366. The average molecular weight is 277 g/mol. The molecule has 0 radical (unpaired) electrons. The lowest BCUT2D eigenvalue weighted by molar-refractivity contribution is -0.259. The van der Waals surface area contributed by atoms with E-state index in [-0.39, 0.29) is 5.56 Å². The second kappa shape index (κ2) is 6.19. The molecule has 0 saturated heterocycles. The molecule has 0 aliphatic heterocycles. The van der Waals surface area contributed by atoms with E-state index in [1.807, 2.05) is 0 Å². The molecule has 1 aromatic carbocycles. The monoisotopic (exact) mass is 277 g/mol. The maximum atomic E-state index is 11.8. The van der Waals surface area contributed by atoms with Crippen molar-refractivity contribution in [2.75, 3.05) is 6.61 Å². The van der Waals surface area contributed by atoms with Crippen LogP contribution in [0.25, 0.3) is 0 Å². The molecular formula is C11H8F3O5-. The number of carbonyl (C=O) groups is 2. The van der Waals surface area contributed by atoms with Crippen LogP contribution >= 0.6 is 0 Å². The van der Waals surface area contributed by atoms with E-state index in [1.165, 1.54) is 12.1 Å². The zero-order valence-corrected chi connectivity index (χ0v) is 9.40. The van der Waals surface area contributed by atoms with Gasteiger partial charge in [-0.25, -0.2) is 4.79 Å². The molecule has 0 fully saturated rings. The number of aromatic carboxylic acids is 1. The summed E-state index contributed by atoms with van der Waals surface area (Å²) in [5.74, 6) is -2.81. The molecule has 0 spiro atoms. The molecule has 0 amide bonds. The Labute approximate surface area is 105 Å². The standard InChI is InChI=1S/C11H9F3O5/c12-11(13,14)5-6-18-19-10(17)8-4-2-1-3-7(8)9(15)16/h1-4H,5-6H2,(H,15,16)/p-1. The highest BCUT2D eigenvalue weighted by atomic mass is 19.4. The van der Waals surface area contributed by atoms with E-state index in [0.29, 0.717) is 0 Å². The summed E-state index contributed by atoms with van der Waals surface area (Å²) in [6.07, 6.45) is -5.72. The second-order valence-electron chi connectivity index (χ2n) is 3.39. The molecule has 0 aromatic heterocycles. The van der Waals surface area contributed by atoms with E-state index in [2.05, 4.69) is 9.78 Å². The van der Waals surface area contributed by atoms with Crippen LogP contribution in [0, 0.1) is 0 Å². The predicted molar refractivity (Wildman–Crippen MR) is 52.8 cm³/mol. The van der Waals surface area contributed by atoms with E-state index in [0.717, 1.165) is 12.1 Å². The number of alkyl halides is 3. The van der Waals surface area contributed by atoms with Crippen LogP contribution in [-0.2, 0) is 9.78 Å². The molecular weight excluding hydrogens is 269 g/mol. The predicted octanol–water partition coefficient (Wildman–Crippen LogP) is 1.09. The van der Waals surface area contributed by atoms with E-state index in [4.69, 9.17) is 0 Å². The molecule has 1 aromatic rings. The molecule has 0 saturated carbocycles. The fourth-order valence-electron chi connectivity index (χ4n) is 1.14. The smallest absolute Gasteiger partial charge is 0.391 e. The molecule has 0 aliphatic carbocycles. The number of carboxylic acids is 1. The van der Waals surface area contributed by atoms with Crippen molar-refractivity contribution < 1.29 is 37.6 Å². The van der Waals surface area contributed by atoms with Crippen LogP contribution in [0.4, 0.5) is 13.2 Å². The summed E-state index contributed by atoms with van der Waals surface area (Å²) in [5.41, 5.74) is -0.804. The van der Waals surface area contributed by atoms with Gasteiger partial charge in [0.25, 0.3) is 0 Å².